The van der Waals surface area contributed by atoms with Gasteiger partial charge in [0.1, 0.15) is 28.6 Å². The molecule has 2 aromatic rings. The molecule has 3 rings (SSSR count). The molecule has 156 valence electrons. The van der Waals surface area contributed by atoms with Crippen LogP contribution < -0.4 is 19.7 Å². The molecule has 0 atom stereocenters. The zero-order valence-corrected chi connectivity index (χ0v) is 16.3. The first-order valence-corrected chi connectivity index (χ1v) is 9.18. The van der Waals surface area contributed by atoms with Crippen LogP contribution in [-0.4, -0.2) is 41.3 Å². The van der Waals surface area contributed by atoms with Crippen LogP contribution in [-0.2, 0) is 9.59 Å². The molecule has 0 radical (unpaired) electrons. The number of urea groups is 1. The molecular formula is C21H20N2O7. The number of amides is 4. The summed E-state index contributed by atoms with van der Waals surface area (Å²) in [5.74, 6) is -1.65. The van der Waals surface area contributed by atoms with Crippen LogP contribution in [0.4, 0.5) is 10.5 Å². The van der Waals surface area contributed by atoms with E-state index in [1.54, 1.807) is 26.0 Å². The second-order valence-corrected chi connectivity index (χ2v) is 6.20. The van der Waals surface area contributed by atoms with E-state index in [2.05, 4.69) is 5.32 Å². The first kappa shape index (κ1) is 20.7. The standard InChI is InChI=1S/C21H20N2O7/c1-3-29-14-7-8-18(30-4-2)16(11-14)23-20(27)15(19(26)22-21(23)28)9-12-5-6-13(24)10-17(12)25/h5-11,24-25H,3-4H2,1-2H3,(H,22,26,28)/b15-9+. The number of ether oxygens (including phenoxy) is 2. The van der Waals surface area contributed by atoms with Gasteiger partial charge in [-0.15, -0.1) is 0 Å². The lowest BCUT2D eigenvalue weighted by Crippen LogP contribution is -2.54. The highest BCUT2D eigenvalue weighted by molar-refractivity contribution is 6.39. The van der Waals surface area contributed by atoms with Crippen LogP contribution in [0.25, 0.3) is 6.08 Å². The smallest absolute Gasteiger partial charge is 0.336 e. The summed E-state index contributed by atoms with van der Waals surface area (Å²) < 4.78 is 11.0. The Bertz CT molecular complexity index is 1050. The number of aromatic hydroxyl groups is 2. The lowest BCUT2D eigenvalue weighted by molar-refractivity contribution is -0.122. The number of nitrogens with one attached hydrogen (secondary N) is 1. The van der Waals surface area contributed by atoms with Gasteiger partial charge in [-0.3, -0.25) is 14.9 Å². The fourth-order valence-corrected chi connectivity index (χ4v) is 2.89. The summed E-state index contributed by atoms with van der Waals surface area (Å²) in [7, 11) is 0. The first-order valence-electron chi connectivity index (χ1n) is 9.18. The minimum Gasteiger partial charge on any atom is -0.508 e. The van der Waals surface area contributed by atoms with Crippen molar-refractivity contribution in [1.29, 1.82) is 0 Å². The number of benzene rings is 2. The third-order valence-corrected chi connectivity index (χ3v) is 4.20. The predicted molar refractivity (Wildman–Crippen MR) is 108 cm³/mol. The molecule has 3 N–H and O–H groups in total. The fraction of sp³-hybridized carbons (Fsp3) is 0.190. The zero-order chi connectivity index (χ0) is 21.8. The van der Waals surface area contributed by atoms with Crippen LogP contribution >= 0.6 is 0 Å². The molecule has 0 unspecified atom stereocenters. The van der Waals surface area contributed by atoms with Gasteiger partial charge in [0.15, 0.2) is 0 Å². The Morgan fingerprint density at radius 3 is 2.40 bits per heavy atom. The third kappa shape index (κ3) is 4.04. The maximum Gasteiger partial charge on any atom is 0.336 e. The summed E-state index contributed by atoms with van der Waals surface area (Å²) in [6.07, 6.45) is 1.14. The number of phenols is 2. The Hall–Kier alpha value is -4.01. The van der Waals surface area contributed by atoms with Crippen LogP contribution in [0, 0.1) is 0 Å². The number of rotatable bonds is 6. The van der Waals surface area contributed by atoms with Crippen molar-refractivity contribution < 1.29 is 34.1 Å². The van der Waals surface area contributed by atoms with Crippen LogP contribution in [0.5, 0.6) is 23.0 Å². The van der Waals surface area contributed by atoms with Crippen LogP contribution in [0.15, 0.2) is 42.0 Å². The third-order valence-electron chi connectivity index (χ3n) is 4.20. The maximum absolute atomic E-state index is 13.1. The summed E-state index contributed by atoms with van der Waals surface area (Å²) in [6.45, 7) is 4.20. The number of imide groups is 2. The van der Waals surface area contributed by atoms with E-state index in [4.69, 9.17) is 9.47 Å². The molecule has 1 aliphatic heterocycles. The molecule has 0 bridgehead atoms. The highest BCUT2D eigenvalue weighted by atomic mass is 16.5. The molecule has 1 heterocycles. The first-order chi connectivity index (χ1) is 14.3. The molecule has 0 saturated carbocycles. The van der Waals surface area contributed by atoms with Gasteiger partial charge >= 0.3 is 6.03 Å². The molecule has 9 heteroatoms. The summed E-state index contributed by atoms with van der Waals surface area (Å²) in [5.41, 5.74) is -0.146. The maximum atomic E-state index is 13.1. The van der Waals surface area contributed by atoms with E-state index in [-0.39, 0.29) is 40.7 Å². The highest BCUT2D eigenvalue weighted by Crippen LogP contribution is 2.35. The van der Waals surface area contributed by atoms with Crippen molar-refractivity contribution in [1.82, 2.24) is 5.32 Å². The number of anilines is 1. The van der Waals surface area contributed by atoms with E-state index in [0.717, 1.165) is 17.0 Å². The molecule has 0 aliphatic carbocycles. The molecule has 4 amide bonds. The summed E-state index contributed by atoms with van der Waals surface area (Å²) in [4.78, 5) is 38.7. The number of nitrogens with zero attached hydrogens (tertiary/aromatic N) is 1. The van der Waals surface area contributed by atoms with E-state index in [1.807, 2.05) is 0 Å². The van der Waals surface area contributed by atoms with Crippen LogP contribution in [0.2, 0.25) is 0 Å². The van der Waals surface area contributed by atoms with Crippen molar-refractivity contribution >= 4 is 29.6 Å². The van der Waals surface area contributed by atoms with E-state index >= 15 is 0 Å². The van der Waals surface area contributed by atoms with Gasteiger partial charge in [-0.2, -0.15) is 0 Å². The quantitative estimate of drug-likeness (QED) is 0.492. The van der Waals surface area contributed by atoms with Gasteiger partial charge in [-0.05, 0) is 44.2 Å². The van der Waals surface area contributed by atoms with Crippen LogP contribution in [0.1, 0.15) is 19.4 Å². The largest absolute Gasteiger partial charge is 0.508 e. The molecule has 30 heavy (non-hydrogen) atoms. The van der Waals surface area contributed by atoms with Crippen LogP contribution in [0.3, 0.4) is 0 Å². The van der Waals surface area contributed by atoms with Gasteiger partial charge in [0.2, 0.25) is 0 Å². The summed E-state index contributed by atoms with van der Waals surface area (Å²) >= 11 is 0. The van der Waals surface area contributed by atoms with E-state index in [9.17, 15) is 24.6 Å². The van der Waals surface area contributed by atoms with Crippen molar-refractivity contribution in [3.63, 3.8) is 0 Å². The zero-order valence-electron chi connectivity index (χ0n) is 16.3. The molecule has 1 aliphatic rings. The molecule has 1 saturated heterocycles. The molecule has 2 aromatic carbocycles. The minimum absolute atomic E-state index is 0.110. The van der Waals surface area contributed by atoms with Gasteiger partial charge in [0, 0.05) is 17.7 Å². The topological polar surface area (TPSA) is 125 Å². The molecule has 1 fully saturated rings. The average molecular weight is 412 g/mol. The van der Waals surface area contributed by atoms with Crippen molar-refractivity contribution in [2.24, 2.45) is 0 Å². The molecule has 0 aromatic heterocycles. The minimum atomic E-state index is -0.938. The Labute approximate surface area is 172 Å². The number of carbonyl (C=O) groups is 3. The molecular weight excluding hydrogens is 392 g/mol. The van der Waals surface area contributed by atoms with Gasteiger partial charge in [-0.1, -0.05) is 0 Å². The van der Waals surface area contributed by atoms with Crippen molar-refractivity contribution in [3.05, 3.63) is 47.5 Å². The molecule has 9 nitrogen and oxygen atoms in total. The predicted octanol–water partition coefficient (Wildman–Crippen LogP) is 2.56. The number of phenolic OH excluding ortho intramolecular Hbond substituents is 2. The van der Waals surface area contributed by atoms with E-state index < -0.39 is 17.8 Å². The number of barbiturate groups is 1. The van der Waals surface area contributed by atoms with E-state index in [1.165, 1.54) is 18.2 Å². The normalized spacial score (nSPS) is 15.3. The van der Waals surface area contributed by atoms with Crippen molar-refractivity contribution in [2.45, 2.75) is 13.8 Å². The number of hydrogen-bond acceptors (Lipinski definition) is 7. The SMILES string of the molecule is CCOc1ccc(OCC)c(N2C(=O)NC(=O)/C(=C\c3ccc(O)cc3O)C2=O)c1. The Kier molecular flexibility index (Phi) is 5.91. The lowest BCUT2D eigenvalue weighted by atomic mass is 10.1. The highest BCUT2D eigenvalue weighted by Gasteiger charge is 2.38. The van der Waals surface area contributed by atoms with Gasteiger partial charge in [-0.25, -0.2) is 9.69 Å². The number of carbonyl (C=O) groups excluding carboxylic acids is 3. The Morgan fingerprint density at radius 2 is 1.73 bits per heavy atom. The van der Waals surface area contributed by atoms with Crippen molar-refractivity contribution in [3.8, 4) is 23.0 Å². The van der Waals surface area contributed by atoms with E-state index in [0.29, 0.717) is 12.4 Å². The second kappa shape index (κ2) is 8.56. The lowest BCUT2D eigenvalue weighted by Gasteiger charge is -2.28. The monoisotopic (exact) mass is 412 g/mol. The van der Waals surface area contributed by atoms with Gasteiger partial charge in [0.25, 0.3) is 11.8 Å². The molecule has 0 spiro atoms. The van der Waals surface area contributed by atoms with Gasteiger partial charge < -0.3 is 19.7 Å². The average Bonchev–Trinajstić information content (AvgIpc) is 2.68. The fourth-order valence-electron chi connectivity index (χ4n) is 2.89. The van der Waals surface area contributed by atoms with Crippen molar-refractivity contribution in [2.75, 3.05) is 18.1 Å². The Morgan fingerprint density at radius 1 is 1.00 bits per heavy atom. The summed E-state index contributed by atoms with van der Waals surface area (Å²) in [5, 5.41) is 21.5. The number of hydrogen-bond donors (Lipinski definition) is 3. The summed E-state index contributed by atoms with van der Waals surface area (Å²) in [6, 6.07) is 7.43. The second-order valence-electron chi connectivity index (χ2n) is 6.20. The Balaban J connectivity index is 2.08. The van der Waals surface area contributed by atoms with Gasteiger partial charge in [0.05, 0.1) is 18.9 Å².